The Balaban J connectivity index is 2.13. The Labute approximate surface area is 107 Å². The van der Waals surface area contributed by atoms with Crippen LogP contribution >= 0.6 is 11.6 Å². The fraction of sp³-hybridized carbons (Fsp3) is 0.500. The first-order chi connectivity index (χ1) is 8.01. The van der Waals surface area contributed by atoms with Crippen molar-refractivity contribution in [3.63, 3.8) is 0 Å². The molecule has 17 heavy (non-hydrogen) atoms. The topological polar surface area (TPSA) is 43.1 Å². The van der Waals surface area contributed by atoms with Crippen LogP contribution in [0.5, 0.6) is 0 Å². The smallest absolute Gasteiger partial charge is 0.157 e. The van der Waals surface area contributed by atoms with Crippen LogP contribution in [0, 0.1) is 6.92 Å². The Morgan fingerprint density at radius 2 is 2.06 bits per heavy atom. The van der Waals surface area contributed by atoms with Crippen molar-refractivity contribution in [2.45, 2.75) is 44.6 Å². The van der Waals surface area contributed by atoms with Gasteiger partial charge in [0.1, 0.15) is 0 Å². The maximum atomic E-state index is 12.2. The van der Waals surface area contributed by atoms with Gasteiger partial charge in [-0.05, 0) is 37.0 Å². The van der Waals surface area contributed by atoms with E-state index >= 15 is 0 Å². The molecule has 92 valence electrons. The van der Waals surface area contributed by atoms with Gasteiger partial charge in [-0.1, -0.05) is 36.6 Å². The molecule has 0 unspecified atom stereocenters. The largest absolute Gasteiger partial charge is 0.319 e. The predicted molar refractivity (Wildman–Crippen MR) is 70.3 cm³/mol. The van der Waals surface area contributed by atoms with Crippen LogP contribution < -0.4 is 5.73 Å². The van der Waals surface area contributed by atoms with Gasteiger partial charge in [0, 0.05) is 11.4 Å². The Morgan fingerprint density at radius 1 is 1.41 bits per heavy atom. The van der Waals surface area contributed by atoms with Crippen molar-refractivity contribution < 1.29 is 4.79 Å². The van der Waals surface area contributed by atoms with E-state index in [1.807, 2.05) is 25.1 Å². The van der Waals surface area contributed by atoms with Crippen molar-refractivity contribution in [3.8, 4) is 0 Å². The molecule has 0 radical (unpaired) electrons. The van der Waals surface area contributed by atoms with E-state index in [-0.39, 0.29) is 5.78 Å². The van der Waals surface area contributed by atoms with Crippen molar-refractivity contribution >= 4 is 17.4 Å². The molecular weight excluding hydrogens is 234 g/mol. The van der Waals surface area contributed by atoms with Gasteiger partial charge in [-0.15, -0.1) is 0 Å². The van der Waals surface area contributed by atoms with Crippen molar-refractivity contribution in [2.75, 3.05) is 0 Å². The second-order valence-electron chi connectivity index (χ2n) is 5.06. The summed E-state index contributed by atoms with van der Waals surface area (Å²) in [5.74, 6) is 0.126. The molecule has 0 amide bonds. The van der Waals surface area contributed by atoms with E-state index in [2.05, 4.69) is 0 Å². The molecule has 1 aliphatic rings. The minimum atomic E-state index is -0.603. The molecule has 2 N–H and O–H groups in total. The Hall–Kier alpha value is -0.860. The molecule has 0 aliphatic heterocycles. The fourth-order valence-electron chi connectivity index (χ4n) is 2.43. The van der Waals surface area contributed by atoms with Crippen LogP contribution in [0.2, 0.25) is 5.02 Å². The molecular formula is C14H18ClNO. The van der Waals surface area contributed by atoms with Crippen LogP contribution in [-0.2, 0) is 11.2 Å². The molecule has 1 aromatic rings. The van der Waals surface area contributed by atoms with Gasteiger partial charge in [0.2, 0.25) is 0 Å². The lowest BCUT2D eigenvalue weighted by Crippen LogP contribution is -2.46. The van der Waals surface area contributed by atoms with Gasteiger partial charge in [-0.2, -0.15) is 0 Å². The maximum Gasteiger partial charge on any atom is 0.157 e. The average Bonchev–Trinajstić information content (AvgIpc) is 2.71. The molecule has 0 aromatic heterocycles. The third-order valence-corrected chi connectivity index (χ3v) is 3.96. The summed E-state index contributed by atoms with van der Waals surface area (Å²) in [7, 11) is 0. The van der Waals surface area contributed by atoms with E-state index in [0.29, 0.717) is 11.4 Å². The summed E-state index contributed by atoms with van der Waals surface area (Å²) in [6, 6.07) is 5.79. The van der Waals surface area contributed by atoms with E-state index in [4.69, 9.17) is 17.3 Å². The highest BCUT2D eigenvalue weighted by molar-refractivity contribution is 6.31. The number of nitrogens with two attached hydrogens (primary N) is 1. The zero-order valence-electron chi connectivity index (χ0n) is 10.1. The Bertz CT molecular complexity index is 436. The Morgan fingerprint density at radius 3 is 2.65 bits per heavy atom. The van der Waals surface area contributed by atoms with E-state index in [9.17, 15) is 4.79 Å². The number of hydrogen-bond acceptors (Lipinski definition) is 2. The number of halogens is 1. The number of hydrogen-bond donors (Lipinski definition) is 1. The highest BCUT2D eigenvalue weighted by atomic mass is 35.5. The van der Waals surface area contributed by atoms with Crippen LogP contribution in [0.25, 0.3) is 0 Å². The lowest BCUT2D eigenvalue weighted by molar-refractivity contribution is -0.123. The number of Topliss-reactive ketones (excluding diaryl/α,β-unsaturated/α-hetero) is 1. The molecule has 1 aliphatic carbocycles. The minimum Gasteiger partial charge on any atom is -0.319 e. The van der Waals surface area contributed by atoms with Gasteiger partial charge in [-0.25, -0.2) is 0 Å². The Kier molecular flexibility index (Phi) is 3.55. The van der Waals surface area contributed by atoms with Crippen LogP contribution in [-0.4, -0.2) is 11.3 Å². The first kappa shape index (κ1) is 12.6. The summed E-state index contributed by atoms with van der Waals surface area (Å²) < 4.78 is 0. The standard InChI is InChI=1S/C14H18ClNO/c1-10-4-5-11(12(15)8-10)9-13(17)14(16)6-2-3-7-14/h4-5,8H,2-3,6-7,9,16H2,1H3. The molecule has 0 spiro atoms. The first-order valence-corrected chi connectivity index (χ1v) is 6.46. The van der Waals surface area contributed by atoms with E-state index < -0.39 is 5.54 Å². The van der Waals surface area contributed by atoms with Crippen molar-refractivity contribution in [3.05, 3.63) is 34.3 Å². The highest BCUT2D eigenvalue weighted by Crippen LogP contribution is 2.30. The molecule has 1 fully saturated rings. The quantitative estimate of drug-likeness (QED) is 0.897. The fourth-order valence-corrected chi connectivity index (χ4v) is 2.73. The first-order valence-electron chi connectivity index (χ1n) is 6.08. The number of rotatable bonds is 3. The van der Waals surface area contributed by atoms with Crippen LogP contribution in [0.1, 0.15) is 36.8 Å². The van der Waals surface area contributed by atoms with Crippen molar-refractivity contribution in [1.82, 2.24) is 0 Å². The van der Waals surface area contributed by atoms with Crippen molar-refractivity contribution in [2.24, 2.45) is 5.73 Å². The number of benzene rings is 1. The van der Waals surface area contributed by atoms with Gasteiger partial charge in [-0.3, -0.25) is 4.79 Å². The summed E-state index contributed by atoms with van der Waals surface area (Å²) in [6.07, 6.45) is 4.11. The number of ketones is 1. The van der Waals surface area contributed by atoms with Crippen LogP contribution in [0.15, 0.2) is 18.2 Å². The molecule has 0 heterocycles. The predicted octanol–water partition coefficient (Wildman–Crippen LogP) is 3.03. The molecule has 2 nitrogen and oxygen atoms in total. The molecule has 2 rings (SSSR count). The van der Waals surface area contributed by atoms with Gasteiger partial charge in [0.25, 0.3) is 0 Å². The number of carbonyl (C=O) groups excluding carboxylic acids is 1. The summed E-state index contributed by atoms with van der Waals surface area (Å²) >= 11 is 6.13. The van der Waals surface area contributed by atoms with Crippen LogP contribution in [0.4, 0.5) is 0 Å². The zero-order valence-corrected chi connectivity index (χ0v) is 10.9. The zero-order chi connectivity index (χ0) is 12.5. The summed E-state index contributed by atoms with van der Waals surface area (Å²) in [5.41, 5.74) is 7.53. The average molecular weight is 252 g/mol. The van der Waals surface area contributed by atoms with Gasteiger partial charge >= 0.3 is 0 Å². The van der Waals surface area contributed by atoms with Crippen molar-refractivity contribution in [1.29, 1.82) is 0 Å². The van der Waals surface area contributed by atoms with E-state index in [0.717, 1.165) is 36.8 Å². The SMILES string of the molecule is Cc1ccc(CC(=O)C2(N)CCCC2)c(Cl)c1. The number of aryl methyl sites for hydroxylation is 1. The normalized spacial score (nSPS) is 18.3. The second-order valence-corrected chi connectivity index (χ2v) is 5.47. The highest BCUT2D eigenvalue weighted by Gasteiger charge is 2.36. The van der Waals surface area contributed by atoms with E-state index in [1.54, 1.807) is 0 Å². The lowest BCUT2D eigenvalue weighted by atomic mass is 9.89. The molecule has 3 heteroatoms. The van der Waals surface area contributed by atoms with Gasteiger partial charge < -0.3 is 5.73 Å². The third kappa shape index (κ3) is 2.70. The summed E-state index contributed by atoms with van der Waals surface area (Å²) in [4.78, 5) is 12.2. The van der Waals surface area contributed by atoms with Gasteiger partial charge in [0.05, 0.1) is 5.54 Å². The maximum absolute atomic E-state index is 12.2. The lowest BCUT2D eigenvalue weighted by Gasteiger charge is -2.22. The molecule has 0 atom stereocenters. The van der Waals surface area contributed by atoms with E-state index in [1.165, 1.54) is 0 Å². The number of carbonyl (C=O) groups is 1. The monoisotopic (exact) mass is 251 g/mol. The molecule has 1 aromatic carbocycles. The molecule has 0 saturated heterocycles. The third-order valence-electron chi connectivity index (χ3n) is 3.61. The van der Waals surface area contributed by atoms with Crippen LogP contribution in [0.3, 0.4) is 0 Å². The minimum absolute atomic E-state index is 0.126. The molecule has 0 bridgehead atoms. The summed E-state index contributed by atoms with van der Waals surface area (Å²) in [5, 5.41) is 0.667. The van der Waals surface area contributed by atoms with Gasteiger partial charge in [0.15, 0.2) is 5.78 Å². The second kappa shape index (κ2) is 4.79. The summed E-state index contributed by atoms with van der Waals surface area (Å²) in [6.45, 7) is 1.98. The molecule has 1 saturated carbocycles.